The minimum Gasteiger partial charge on any atom is -0.497 e. The van der Waals surface area contributed by atoms with E-state index >= 15 is 0 Å². The lowest BCUT2D eigenvalue weighted by Crippen LogP contribution is -2.48. The van der Waals surface area contributed by atoms with E-state index in [1.165, 1.54) is 5.56 Å². The molecule has 0 bridgehead atoms. The van der Waals surface area contributed by atoms with Crippen LogP contribution in [0.3, 0.4) is 0 Å². The third-order valence-corrected chi connectivity index (χ3v) is 5.67. The summed E-state index contributed by atoms with van der Waals surface area (Å²) in [4.78, 5) is 17.9. The zero-order chi connectivity index (χ0) is 18.4. The van der Waals surface area contributed by atoms with Gasteiger partial charge in [0.2, 0.25) is 5.91 Å². The monoisotopic (exact) mass is 390 g/mol. The van der Waals surface area contributed by atoms with Crippen LogP contribution in [0.5, 0.6) is 5.75 Å². The van der Waals surface area contributed by atoms with Crippen molar-refractivity contribution in [2.45, 2.75) is 11.4 Å². The largest absolute Gasteiger partial charge is 0.497 e. The molecule has 1 amide bonds. The second kappa shape index (κ2) is 9.31. The van der Waals surface area contributed by atoms with Crippen LogP contribution in [0, 0.1) is 0 Å². The van der Waals surface area contributed by atoms with E-state index in [4.69, 9.17) is 16.3 Å². The molecule has 0 atom stereocenters. The molecule has 3 rings (SSSR count). The second-order valence-electron chi connectivity index (χ2n) is 6.25. The highest BCUT2D eigenvalue weighted by Crippen LogP contribution is 2.22. The number of nitrogens with zero attached hydrogens (tertiary/aromatic N) is 2. The first-order chi connectivity index (χ1) is 12.6. The molecule has 0 radical (unpaired) electrons. The highest BCUT2D eigenvalue weighted by atomic mass is 35.5. The average Bonchev–Trinajstić information content (AvgIpc) is 2.67. The molecule has 0 unspecified atom stereocenters. The van der Waals surface area contributed by atoms with Crippen LogP contribution < -0.4 is 4.74 Å². The fourth-order valence-electron chi connectivity index (χ4n) is 2.96. The Hall–Kier alpha value is -1.69. The molecule has 1 aliphatic rings. The van der Waals surface area contributed by atoms with Crippen molar-refractivity contribution < 1.29 is 9.53 Å². The van der Waals surface area contributed by atoms with E-state index in [0.29, 0.717) is 5.75 Å². The average molecular weight is 391 g/mol. The molecule has 0 aliphatic carbocycles. The van der Waals surface area contributed by atoms with Gasteiger partial charge in [0, 0.05) is 42.6 Å². The Morgan fingerprint density at radius 3 is 2.50 bits per heavy atom. The van der Waals surface area contributed by atoms with Crippen LogP contribution in [0.2, 0.25) is 5.02 Å². The standard InChI is InChI=1S/C20H23ClN2O2S/c1-25-18-5-7-19(8-6-18)26-15-20(24)23-11-9-22(10-12-23)14-16-3-2-4-17(21)13-16/h2-8,13H,9-12,14-15H2,1H3. The SMILES string of the molecule is COc1ccc(SCC(=O)N2CCN(Cc3cccc(Cl)c3)CC2)cc1. The van der Waals surface area contributed by atoms with Gasteiger partial charge < -0.3 is 9.64 Å². The summed E-state index contributed by atoms with van der Waals surface area (Å²) in [6, 6.07) is 15.8. The van der Waals surface area contributed by atoms with Gasteiger partial charge >= 0.3 is 0 Å². The Kier molecular flexibility index (Phi) is 6.83. The van der Waals surface area contributed by atoms with E-state index in [1.54, 1.807) is 18.9 Å². The maximum atomic E-state index is 12.4. The number of methoxy groups -OCH3 is 1. The van der Waals surface area contributed by atoms with Crippen molar-refractivity contribution in [3.63, 3.8) is 0 Å². The number of ether oxygens (including phenoxy) is 1. The van der Waals surface area contributed by atoms with Gasteiger partial charge in [0.1, 0.15) is 5.75 Å². The van der Waals surface area contributed by atoms with E-state index < -0.39 is 0 Å². The fourth-order valence-corrected chi connectivity index (χ4v) is 3.97. The highest BCUT2D eigenvalue weighted by molar-refractivity contribution is 8.00. The van der Waals surface area contributed by atoms with Crippen molar-refractivity contribution in [3.05, 3.63) is 59.1 Å². The predicted molar refractivity (Wildman–Crippen MR) is 107 cm³/mol. The Morgan fingerprint density at radius 2 is 1.85 bits per heavy atom. The van der Waals surface area contributed by atoms with Crippen molar-refractivity contribution in [1.29, 1.82) is 0 Å². The van der Waals surface area contributed by atoms with Gasteiger partial charge in [0.15, 0.2) is 0 Å². The number of benzene rings is 2. The van der Waals surface area contributed by atoms with Gasteiger partial charge in [-0.3, -0.25) is 9.69 Å². The summed E-state index contributed by atoms with van der Waals surface area (Å²) >= 11 is 7.62. The highest BCUT2D eigenvalue weighted by Gasteiger charge is 2.21. The van der Waals surface area contributed by atoms with Gasteiger partial charge in [0.25, 0.3) is 0 Å². The molecule has 2 aromatic carbocycles. The molecule has 1 aliphatic heterocycles. The van der Waals surface area contributed by atoms with Crippen LogP contribution in [0.25, 0.3) is 0 Å². The molecule has 0 aromatic heterocycles. The third-order valence-electron chi connectivity index (χ3n) is 4.44. The normalized spacial score (nSPS) is 15.1. The second-order valence-corrected chi connectivity index (χ2v) is 7.74. The Morgan fingerprint density at radius 1 is 1.12 bits per heavy atom. The van der Waals surface area contributed by atoms with Crippen LogP contribution in [-0.2, 0) is 11.3 Å². The van der Waals surface area contributed by atoms with Gasteiger partial charge in [0.05, 0.1) is 12.9 Å². The first-order valence-corrected chi connectivity index (χ1v) is 10.0. The molecule has 1 saturated heterocycles. The van der Waals surface area contributed by atoms with E-state index in [1.807, 2.05) is 47.4 Å². The molecular weight excluding hydrogens is 368 g/mol. The van der Waals surface area contributed by atoms with Gasteiger partial charge in [-0.1, -0.05) is 23.7 Å². The predicted octanol–water partition coefficient (Wildman–Crippen LogP) is 3.79. The summed E-state index contributed by atoms with van der Waals surface area (Å²) in [6.07, 6.45) is 0. The first kappa shape index (κ1) is 19.1. The van der Waals surface area contributed by atoms with Crippen LogP contribution in [0.4, 0.5) is 0 Å². The number of amides is 1. The van der Waals surface area contributed by atoms with Crippen molar-refractivity contribution in [1.82, 2.24) is 9.80 Å². The molecule has 138 valence electrons. The lowest BCUT2D eigenvalue weighted by molar-refractivity contribution is -0.130. The number of hydrogen-bond donors (Lipinski definition) is 0. The van der Waals surface area contributed by atoms with Crippen molar-refractivity contribution in [2.24, 2.45) is 0 Å². The number of piperazine rings is 1. The van der Waals surface area contributed by atoms with Gasteiger partial charge in [-0.25, -0.2) is 0 Å². The zero-order valence-electron chi connectivity index (χ0n) is 14.9. The number of halogens is 1. The first-order valence-electron chi connectivity index (χ1n) is 8.65. The number of thioether (sulfide) groups is 1. The van der Waals surface area contributed by atoms with E-state index in [0.717, 1.165) is 48.4 Å². The molecule has 26 heavy (non-hydrogen) atoms. The van der Waals surface area contributed by atoms with Crippen molar-refractivity contribution in [2.75, 3.05) is 39.0 Å². The molecule has 1 fully saturated rings. The van der Waals surface area contributed by atoms with Crippen LogP contribution in [0.15, 0.2) is 53.4 Å². The molecule has 2 aromatic rings. The van der Waals surface area contributed by atoms with Crippen LogP contribution in [-0.4, -0.2) is 54.7 Å². The maximum absolute atomic E-state index is 12.4. The quantitative estimate of drug-likeness (QED) is 0.702. The summed E-state index contributed by atoms with van der Waals surface area (Å²) in [7, 11) is 1.65. The molecular formula is C20H23ClN2O2S. The summed E-state index contributed by atoms with van der Waals surface area (Å²) in [5.74, 6) is 1.50. The lowest BCUT2D eigenvalue weighted by Gasteiger charge is -2.34. The maximum Gasteiger partial charge on any atom is 0.233 e. The summed E-state index contributed by atoms with van der Waals surface area (Å²) in [6.45, 7) is 4.23. The van der Waals surface area contributed by atoms with Gasteiger partial charge in [-0.2, -0.15) is 0 Å². The van der Waals surface area contributed by atoms with Crippen molar-refractivity contribution >= 4 is 29.3 Å². The molecule has 4 nitrogen and oxygen atoms in total. The molecule has 0 spiro atoms. The van der Waals surface area contributed by atoms with E-state index in [-0.39, 0.29) is 5.91 Å². The fraction of sp³-hybridized carbons (Fsp3) is 0.350. The molecule has 6 heteroatoms. The third kappa shape index (κ3) is 5.40. The van der Waals surface area contributed by atoms with Gasteiger partial charge in [-0.05, 0) is 42.0 Å². The van der Waals surface area contributed by atoms with Crippen molar-refractivity contribution in [3.8, 4) is 5.75 Å². The Bertz CT molecular complexity index is 731. The minimum absolute atomic E-state index is 0.202. The topological polar surface area (TPSA) is 32.8 Å². The molecule has 0 saturated carbocycles. The summed E-state index contributed by atoms with van der Waals surface area (Å²) in [5.41, 5.74) is 1.22. The van der Waals surface area contributed by atoms with Gasteiger partial charge in [-0.15, -0.1) is 11.8 Å². The number of rotatable bonds is 6. The molecule has 1 heterocycles. The number of carbonyl (C=O) groups is 1. The van der Waals surface area contributed by atoms with Crippen LogP contribution in [0.1, 0.15) is 5.56 Å². The minimum atomic E-state index is 0.202. The number of hydrogen-bond acceptors (Lipinski definition) is 4. The Balaban J connectivity index is 1.42. The zero-order valence-corrected chi connectivity index (χ0v) is 16.4. The van der Waals surface area contributed by atoms with E-state index in [2.05, 4.69) is 11.0 Å². The van der Waals surface area contributed by atoms with E-state index in [9.17, 15) is 4.79 Å². The summed E-state index contributed by atoms with van der Waals surface area (Å²) < 4.78 is 5.15. The number of carbonyl (C=O) groups excluding carboxylic acids is 1. The smallest absolute Gasteiger partial charge is 0.233 e. The molecule has 0 N–H and O–H groups in total. The Labute approximate surface area is 164 Å². The van der Waals surface area contributed by atoms with Crippen LogP contribution >= 0.6 is 23.4 Å². The summed E-state index contributed by atoms with van der Waals surface area (Å²) in [5, 5.41) is 0.770. The lowest BCUT2D eigenvalue weighted by atomic mass is 10.2.